The van der Waals surface area contributed by atoms with Gasteiger partial charge in [0.1, 0.15) is 0 Å². The van der Waals surface area contributed by atoms with Crippen molar-refractivity contribution < 1.29 is 16.5 Å². The van der Waals surface area contributed by atoms with Crippen molar-refractivity contribution in [1.29, 1.82) is 0 Å². The molecule has 0 unspecified atom stereocenters. The first-order valence-corrected chi connectivity index (χ1v) is 19.3. The molecule has 2 aromatic carbocycles. The Labute approximate surface area is 295 Å². The normalized spacial score (nSPS) is 12.1. The van der Waals surface area contributed by atoms with Gasteiger partial charge in [-0.25, -0.2) is 4.99 Å². The van der Waals surface area contributed by atoms with Gasteiger partial charge in [0.25, 0.3) is 0 Å². The van der Waals surface area contributed by atoms with E-state index in [2.05, 4.69) is 86.7 Å². The average Bonchev–Trinajstić information content (AvgIpc) is 3.07. The van der Waals surface area contributed by atoms with Crippen molar-refractivity contribution in [2.75, 3.05) is 0 Å². The van der Waals surface area contributed by atoms with Gasteiger partial charge in [-0.2, -0.15) is 0 Å². The van der Waals surface area contributed by atoms with Crippen LogP contribution < -0.4 is 0 Å². The summed E-state index contributed by atoms with van der Waals surface area (Å²) in [6.07, 6.45) is 38.7. The second-order valence-electron chi connectivity index (χ2n) is 13.1. The standard InChI is InChI=1S/C43H68N2.Ni/c1-3-5-7-8-9-10-11-12-13-14-15-16-17-18-19-20-21-22-23-24-25-33-39-43(45-41-36-31-27-32-37-41)42(38-28-6-4-2)44-40-34-29-26-30-35-40;/h26-27,29-37,39H,3-25,28,38H2,1-2H3;/b39-33+,44-42?,45-43?;. The second kappa shape index (κ2) is 31.6. The molecule has 0 aliphatic heterocycles. The average molecular weight is 672 g/mol. The molecule has 0 atom stereocenters. The van der Waals surface area contributed by atoms with Crippen molar-refractivity contribution >= 4 is 22.8 Å². The van der Waals surface area contributed by atoms with Crippen LogP contribution in [0.5, 0.6) is 0 Å². The summed E-state index contributed by atoms with van der Waals surface area (Å²) in [6, 6.07) is 20.7. The maximum Gasteiger partial charge on any atom is 0.0848 e. The summed E-state index contributed by atoms with van der Waals surface area (Å²) in [4.78, 5) is 10.1. The third-order valence-corrected chi connectivity index (χ3v) is 8.84. The van der Waals surface area contributed by atoms with Crippen LogP contribution in [0.4, 0.5) is 11.4 Å². The molecule has 0 heterocycles. The number of para-hydroxylation sites is 2. The zero-order chi connectivity index (χ0) is 31.9. The van der Waals surface area contributed by atoms with Crippen LogP contribution in [0.2, 0.25) is 0 Å². The van der Waals surface area contributed by atoms with Crippen molar-refractivity contribution in [3.63, 3.8) is 0 Å². The molecule has 0 spiro atoms. The molecule has 0 aliphatic carbocycles. The van der Waals surface area contributed by atoms with E-state index >= 15 is 0 Å². The summed E-state index contributed by atoms with van der Waals surface area (Å²) in [7, 11) is 0. The van der Waals surface area contributed by atoms with Crippen LogP contribution in [0.15, 0.2) is 82.8 Å². The van der Waals surface area contributed by atoms with E-state index in [0.717, 1.165) is 42.1 Å². The molecule has 0 radical (unpaired) electrons. The first-order valence-electron chi connectivity index (χ1n) is 19.3. The third kappa shape index (κ3) is 23.4. The molecule has 260 valence electrons. The molecule has 0 fully saturated rings. The molecule has 0 aromatic heterocycles. The van der Waals surface area contributed by atoms with Gasteiger partial charge in [0, 0.05) is 16.5 Å². The molecule has 2 nitrogen and oxygen atoms in total. The van der Waals surface area contributed by atoms with Crippen molar-refractivity contribution in [3.8, 4) is 0 Å². The summed E-state index contributed by atoms with van der Waals surface area (Å²) < 4.78 is 0. The van der Waals surface area contributed by atoms with Crippen LogP contribution in [-0.2, 0) is 16.5 Å². The molecule has 0 amide bonds. The van der Waals surface area contributed by atoms with Gasteiger partial charge in [0.15, 0.2) is 0 Å². The van der Waals surface area contributed by atoms with E-state index in [4.69, 9.17) is 9.98 Å². The minimum absolute atomic E-state index is 0. The Morgan fingerprint density at radius 3 is 1.26 bits per heavy atom. The Hall–Kier alpha value is -1.99. The topological polar surface area (TPSA) is 24.7 Å². The molecule has 0 saturated carbocycles. The SMILES string of the molecule is CCCCCCCCCCCCCCCCCCCCCC/C=C/C(=Nc1ccccc1)C(CCCCC)=Nc1ccccc1.[Ni]. The van der Waals surface area contributed by atoms with Crippen LogP contribution >= 0.6 is 0 Å². The Kier molecular flexibility index (Phi) is 28.9. The summed E-state index contributed by atoms with van der Waals surface area (Å²) in [5.74, 6) is 0. The predicted octanol–water partition coefficient (Wildman–Crippen LogP) is 14.9. The summed E-state index contributed by atoms with van der Waals surface area (Å²) in [5.41, 5.74) is 4.10. The Morgan fingerprint density at radius 2 is 0.826 bits per heavy atom. The summed E-state index contributed by atoms with van der Waals surface area (Å²) in [6.45, 7) is 4.56. The molecule has 46 heavy (non-hydrogen) atoms. The van der Waals surface area contributed by atoms with Gasteiger partial charge in [-0.15, -0.1) is 0 Å². The predicted molar refractivity (Wildman–Crippen MR) is 203 cm³/mol. The van der Waals surface area contributed by atoms with E-state index in [1.165, 1.54) is 141 Å². The quantitative estimate of drug-likeness (QED) is 0.0467. The maximum atomic E-state index is 5.07. The zero-order valence-corrected chi connectivity index (χ0v) is 30.8. The van der Waals surface area contributed by atoms with Gasteiger partial charge in [-0.3, -0.25) is 4.99 Å². The van der Waals surface area contributed by atoms with E-state index in [9.17, 15) is 0 Å². The molecule has 2 rings (SSSR count). The molecule has 0 saturated heterocycles. The Balaban J connectivity index is 0.0000106. The monoisotopic (exact) mass is 670 g/mol. The van der Waals surface area contributed by atoms with Crippen LogP contribution in [-0.4, -0.2) is 11.4 Å². The van der Waals surface area contributed by atoms with E-state index in [1.54, 1.807) is 0 Å². The van der Waals surface area contributed by atoms with Crippen LogP contribution in [0, 0.1) is 0 Å². The number of nitrogens with zero attached hydrogens (tertiary/aromatic N) is 2. The Bertz CT molecular complexity index is 1010. The fourth-order valence-corrected chi connectivity index (χ4v) is 5.99. The number of aliphatic imine (C=N–C) groups is 2. The number of rotatable bonds is 29. The van der Waals surface area contributed by atoms with E-state index in [0.29, 0.717) is 0 Å². The van der Waals surface area contributed by atoms with Crippen LogP contribution in [0.3, 0.4) is 0 Å². The van der Waals surface area contributed by atoms with E-state index in [-0.39, 0.29) is 16.5 Å². The van der Waals surface area contributed by atoms with Gasteiger partial charge in [-0.1, -0.05) is 191 Å². The van der Waals surface area contributed by atoms with Gasteiger partial charge in [0.05, 0.1) is 22.8 Å². The maximum absolute atomic E-state index is 5.07. The first-order chi connectivity index (χ1) is 22.3. The first kappa shape index (κ1) is 42.0. The molecule has 0 N–H and O–H groups in total. The minimum Gasteiger partial charge on any atom is -0.251 e. The summed E-state index contributed by atoms with van der Waals surface area (Å²) in [5, 5.41) is 0. The number of benzene rings is 2. The molecule has 0 aliphatic rings. The molecular formula is C43H68N2Ni. The smallest absolute Gasteiger partial charge is 0.0848 e. The largest absolute Gasteiger partial charge is 0.251 e. The van der Waals surface area contributed by atoms with Crippen molar-refractivity contribution in [1.82, 2.24) is 0 Å². The Morgan fingerprint density at radius 1 is 0.457 bits per heavy atom. The number of hydrogen-bond acceptors (Lipinski definition) is 2. The van der Waals surface area contributed by atoms with Gasteiger partial charge in [0.2, 0.25) is 0 Å². The molecular weight excluding hydrogens is 603 g/mol. The van der Waals surface area contributed by atoms with Crippen LogP contribution in [0.1, 0.15) is 174 Å². The zero-order valence-electron chi connectivity index (χ0n) is 29.8. The fourth-order valence-electron chi connectivity index (χ4n) is 5.99. The third-order valence-electron chi connectivity index (χ3n) is 8.84. The van der Waals surface area contributed by atoms with E-state index in [1.807, 2.05) is 0 Å². The van der Waals surface area contributed by atoms with Crippen molar-refractivity contribution in [3.05, 3.63) is 72.8 Å². The van der Waals surface area contributed by atoms with Gasteiger partial charge >= 0.3 is 0 Å². The number of allylic oxidation sites excluding steroid dienone is 2. The summed E-state index contributed by atoms with van der Waals surface area (Å²) >= 11 is 0. The molecule has 0 bridgehead atoms. The van der Waals surface area contributed by atoms with Crippen LogP contribution in [0.25, 0.3) is 0 Å². The second-order valence-corrected chi connectivity index (χ2v) is 13.1. The van der Waals surface area contributed by atoms with E-state index < -0.39 is 0 Å². The minimum atomic E-state index is 0. The van der Waals surface area contributed by atoms with Crippen molar-refractivity contribution in [2.24, 2.45) is 9.98 Å². The molecule has 3 heteroatoms. The van der Waals surface area contributed by atoms with Gasteiger partial charge < -0.3 is 0 Å². The van der Waals surface area contributed by atoms with Crippen molar-refractivity contribution in [2.45, 2.75) is 174 Å². The van der Waals surface area contributed by atoms with Gasteiger partial charge in [-0.05, 0) is 56.0 Å². The fraction of sp³-hybridized carbons (Fsp3) is 0.628. The molecule has 2 aromatic rings. The number of hydrogen-bond donors (Lipinski definition) is 0. The number of unbranched alkanes of at least 4 members (excludes halogenated alkanes) is 22.